The Labute approximate surface area is 150 Å². The zero-order valence-corrected chi connectivity index (χ0v) is 14.8. The van der Waals surface area contributed by atoms with Crippen LogP contribution in [0.15, 0.2) is 35.4 Å². The number of hydrogen-bond acceptors (Lipinski definition) is 4. The SMILES string of the molecule is CCCCN(CC(F)(F)F)C(=O)C1=NN(c2ccccc2)C(C(C)=O)C1. The van der Waals surface area contributed by atoms with Crippen molar-refractivity contribution < 1.29 is 22.8 Å². The Morgan fingerprint density at radius 1 is 1.27 bits per heavy atom. The third-order valence-corrected chi connectivity index (χ3v) is 4.09. The molecule has 1 aliphatic rings. The van der Waals surface area contributed by atoms with Crippen LogP contribution >= 0.6 is 0 Å². The molecule has 0 N–H and O–H groups in total. The first kappa shape index (κ1) is 19.9. The normalized spacial score (nSPS) is 17.2. The number of rotatable bonds is 7. The van der Waals surface area contributed by atoms with Gasteiger partial charge in [0.25, 0.3) is 5.91 Å². The molecule has 1 atom stereocenters. The summed E-state index contributed by atoms with van der Waals surface area (Å²) in [5.74, 6) is -0.961. The fourth-order valence-electron chi connectivity index (χ4n) is 2.77. The van der Waals surface area contributed by atoms with E-state index >= 15 is 0 Å². The quantitative estimate of drug-likeness (QED) is 0.740. The second-order valence-electron chi connectivity index (χ2n) is 6.25. The van der Waals surface area contributed by atoms with Gasteiger partial charge in [-0.25, -0.2) is 0 Å². The lowest BCUT2D eigenvalue weighted by Crippen LogP contribution is -2.43. The molecule has 142 valence electrons. The van der Waals surface area contributed by atoms with Gasteiger partial charge >= 0.3 is 6.18 Å². The first-order valence-electron chi connectivity index (χ1n) is 8.51. The van der Waals surface area contributed by atoms with E-state index in [-0.39, 0.29) is 24.5 Å². The first-order chi connectivity index (χ1) is 12.2. The molecule has 0 aliphatic carbocycles. The minimum Gasteiger partial charge on any atom is -0.328 e. The molecular formula is C18H22F3N3O2. The zero-order chi connectivity index (χ0) is 19.3. The number of anilines is 1. The van der Waals surface area contributed by atoms with E-state index in [1.807, 2.05) is 6.92 Å². The maximum Gasteiger partial charge on any atom is 0.406 e. The highest BCUT2D eigenvalue weighted by Gasteiger charge is 2.39. The fourth-order valence-corrected chi connectivity index (χ4v) is 2.77. The van der Waals surface area contributed by atoms with Gasteiger partial charge in [0.1, 0.15) is 18.3 Å². The molecule has 0 saturated heterocycles. The standard InChI is InChI=1S/C18H22F3N3O2/c1-3-4-10-23(12-18(19,20)21)17(26)15-11-16(13(2)25)24(22-15)14-8-6-5-7-9-14/h5-9,16H,3-4,10-12H2,1-2H3. The second kappa shape index (κ2) is 8.33. The lowest BCUT2D eigenvalue weighted by atomic mass is 10.1. The zero-order valence-electron chi connectivity index (χ0n) is 14.8. The number of para-hydroxylation sites is 1. The summed E-state index contributed by atoms with van der Waals surface area (Å²) in [5.41, 5.74) is 0.598. The number of amides is 1. The molecule has 8 heteroatoms. The van der Waals surface area contributed by atoms with Crippen LogP contribution in [0.3, 0.4) is 0 Å². The van der Waals surface area contributed by atoms with Crippen LogP contribution in [0.1, 0.15) is 33.1 Å². The molecule has 0 radical (unpaired) electrons. The third kappa shape index (κ3) is 5.06. The Kier molecular flexibility index (Phi) is 6.39. The highest BCUT2D eigenvalue weighted by atomic mass is 19.4. The average molecular weight is 369 g/mol. The van der Waals surface area contributed by atoms with Crippen molar-refractivity contribution >= 4 is 23.1 Å². The minimum atomic E-state index is -4.48. The van der Waals surface area contributed by atoms with Gasteiger partial charge in [-0.1, -0.05) is 31.5 Å². The van der Waals surface area contributed by atoms with Gasteiger partial charge in [0.2, 0.25) is 0 Å². The Morgan fingerprint density at radius 3 is 2.46 bits per heavy atom. The van der Waals surface area contributed by atoms with Gasteiger partial charge in [-0.2, -0.15) is 18.3 Å². The third-order valence-electron chi connectivity index (χ3n) is 4.09. The molecule has 0 spiro atoms. The van der Waals surface area contributed by atoms with E-state index in [1.54, 1.807) is 30.3 Å². The van der Waals surface area contributed by atoms with Gasteiger partial charge in [0.15, 0.2) is 5.78 Å². The number of Topliss-reactive ketones (excluding diaryl/α,β-unsaturated/α-hetero) is 1. The lowest BCUT2D eigenvalue weighted by molar-refractivity contribution is -0.157. The molecule has 1 aromatic carbocycles. The van der Waals surface area contributed by atoms with Crippen LogP contribution in [0.2, 0.25) is 0 Å². The Morgan fingerprint density at radius 2 is 1.92 bits per heavy atom. The van der Waals surface area contributed by atoms with Crippen LogP contribution < -0.4 is 5.01 Å². The van der Waals surface area contributed by atoms with Gasteiger partial charge in [0, 0.05) is 13.0 Å². The Bertz CT molecular complexity index is 674. The average Bonchev–Trinajstić information content (AvgIpc) is 3.03. The summed E-state index contributed by atoms with van der Waals surface area (Å²) in [4.78, 5) is 25.4. The van der Waals surface area contributed by atoms with Crippen molar-refractivity contribution in [2.75, 3.05) is 18.1 Å². The highest BCUT2D eigenvalue weighted by Crippen LogP contribution is 2.26. The molecule has 1 amide bonds. The molecular weight excluding hydrogens is 347 g/mol. The van der Waals surface area contributed by atoms with E-state index in [4.69, 9.17) is 0 Å². The van der Waals surface area contributed by atoms with E-state index in [9.17, 15) is 22.8 Å². The van der Waals surface area contributed by atoms with Crippen molar-refractivity contribution in [2.45, 2.75) is 45.3 Å². The largest absolute Gasteiger partial charge is 0.406 e. The van der Waals surface area contributed by atoms with Crippen LogP contribution in [0.5, 0.6) is 0 Å². The topological polar surface area (TPSA) is 53.0 Å². The molecule has 1 unspecified atom stereocenters. The number of halogens is 3. The molecule has 0 saturated carbocycles. The van der Waals surface area contributed by atoms with Crippen LogP contribution in [0.25, 0.3) is 0 Å². The number of hydrazone groups is 1. The van der Waals surface area contributed by atoms with Gasteiger partial charge in [-0.3, -0.25) is 14.6 Å². The molecule has 0 fully saturated rings. The summed E-state index contributed by atoms with van der Waals surface area (Å²) in [6.45, 7) is 1.91. The van der Waals surface area contributed by atoms with Crippen molar-refractivity contribution in [3.05, 3.63) is 30.3 Å². The maximum atomic E-state index is 12.8. The number of carbonyl (C=O) groups excluding carboxylic acids is 2. The highest BCUT2D eigenvalue weighted by molar-refractivity contribution is 6.40. The van der Waals surface area contributed by atoms with E-state index in [1.165, 1.54) is 11.9 Å². The van der Waals surface area contributed by atoms with E-state index in [0.29, 0.717) is 18.5 Å². The number of nitrogens with zero attached hydrogens (tertiary/aromatic N) is 3. The van der Waals surface area contributed by atoms with Crippen molar-refractivity contribution in [1.29, 1.82) is 0 Å². The predicted octanol–water partition coefficient (Wildman–Crippen LogP) is 3.40. The molecule has 1 aromatic rings. The summed E-state index contributed by atoms with van der Waals surface area (Å²) in [6.07, 6.45) is -3.35. The number of benzene rings is 1. The van der Waals surface area contributed by atoms with Gasteiger partial charge in [-0.05, 0) is 25.5 Å². The molecule has 1 aliphatic heterocycles. The predicted molar refractivity (Wildman–Crippen MR) is 93.0 cm³/mol. The molecule has 2 rings (SSSR count). The second-order valence-corrected chi connectivity index (χ2v) is 6.25. The van der Waals surface area contributed by atoms with Gasteiger partial charge in [0.05, 0.1) is 5.69 Å². The maximum absolute atomic E-state index is 12.8. The van der Waals surface area contributed by atoms with Crippen LogP contribution in [0, 0.1) is 0 Å². The first-order valence-corrected chi connectivity index (χ1v) is 8.51. The summed E-state index contributed by atoms with van der Waals surface area (Å²) >= 11 is 0. The van der Waals surface area contributed by atoms with Crippen LogP contribution in [0.4, 0.5) is 18.9 Å². The molecule has 26 heavy (non-hydrogen) atoms. The fraction of sp³-hybridized carbons (Fsp3) is 0.500. The summed E-state index contributed by atoms with van der Waals surface area (Å²) in [6, 6.07) is 8.11. The van der Waals surface area contributed by atoms with Crippen molar-refractivity contribution in [2.24, 2.45) is 5.10 Å². The molecule has 0 bridgehead atoms. The van der Waals surface area contributed by atoms with Crippen LogP contribution in [-0.4, -0.2) is 47.6 Å². The minimum absolute atomic E-state index is 0.00351. The summed E-state index contributed by atoms with van der Waals surface area (Å²) < 4.78 is 38.5. The molecule has 0 aromatic heterocycles. The summed E-state index contributed by atoms with van der Waals surface area (Å²) in [7, 11) is 0. The van der Waals surface area contributed by atoms with E-state index in [0.717, 1.165) is 4.90 Å². The van der Waals surface area contributed by atoms with Gasteiger partial charge < -0.3 is 4.90 Å². The lowest BCUT2D eigenvalue weighted by Gasteiger charge is -2.23. The van der Waals surface area contributed by atoms with E-state index < -0.39 is 24.7 Å². The van der Waals surface area contributed by atoms with Crippen molar-refractivity contribution in [3.8, 4) is 0 Å². The Balaban J connectivity index is 2.26. The number of unbranched alkanes of at least 4 members (excludes halogenated alkanes) is 1. The van der Waals surface area contributed by atoms with Gasteiger partial charge in [-0.15, -0.1) is 0 Å². The number of alkyl halides is 3. The number of ketones is 1. The Hall–Kier alpha value is -2.38. The monoisotopic (exact) mass is 369 g/mol. The van der Waals surface area contributed by atoms with Crippen molar-refractivity contribution in [3.63, 3.8) is 0 Å². The van der Waals surface area contributed by atoms with Crippen LogP contribution in [-0.2, 0) is 9.59 Å². The number of carbonyl (C=O) groups is 2. The number of hydrogen-bond donors (Lipinski definition) is 0. The molecule has 5 nitrogen and oxygen atoms in total. The summed E-state index contributed by atoms with van der Waals surface area (Å²) in [5, 5.41) is 5.61. The molecule has 1 heterocycles. The smallest absolute Gasteiger partial charge is 0.328 e. The van der Waals surface area contributed by atoms with Crippen molar-refractivity contribution in [1.82, 2.24) is 4.90 Å². The van der Waals surface area contributed by atoms with E-state index in [2.05, 4.69) is 5.10 Å².